The van der Waals surface area contributed by atoms with Crippen LogP contribution in [0, 0.1) is 15.3 Å². The molecule has 0 aliphatic rings. The van der Waals surface area contributed by atoms with Crippen LogP contribution in [0.5, 0.6) is 0 Å². The van der Waals surface area contributed by atoms with Gasteiger partial charge in [0.05, 0.1) is 25.7 Å². The van der Waals surface area contributed by atoms with Crippen molar-refractivity contribution in [1.82, 2.24) is 0 Å². The van der Waals surface area contributed by atoms with E-state index >= 15 is 0 Å². The monoisotopic (exact) mass is 404 g/mol. The van der Waals surface area contributed by atoms with Crippen LogP contribution < -0.4 is 0 Å². The van der Waals surface area contributed by atoms with Crippen LogP contribution in [-0.2, 0) is 0 Å². The molecule has 0 aliphatic heterocycles. The van der Waals surface area contributed by atoms with Crippen LogP contribution in [0.15, 0.2) is 0 Å². The van der Waals surface area contributed by atoms with Gasteiger partial charge < -0.3 is 24.9 Å². The van der Waals surface area contributed by atoms with Gasteiger partial charge in [0.2, 0.25) is 0 Å². The van der Waals surface area contributed by atoms with E-state index in [-0.39, 0.29) is 6.23 Å². The summed E-state index contributed by atoms with van der Waals surface area (Å²) >= 11 is 0. The molecule has 0 fully saturated rings. The quantitative estimate of drug-likeness (QED) is 0.0938. The van der Waals surface area contributed by atoms with Gasteiger partial charge >= 0.3 is 0 Å². The maximum absolute atomic E-state index is 9.68. The first-order chi connectivity index (χ1) is 13.2. The van der Waals surface area contributed by atoms with E-state index in [9.17, 15) is 5.11 Å². The van der Waals surface area contributed by atoms with Crippen LogP contribution in [0.2, 0.25) is 0 Å². The molecule has 28 heavy (non-hydrogen) atoms. The van der Waals surface area contributed by atoms with Gasteiger partial charge in [0, 0.05) is 6.92 Å². The topological polar surface area (TPSA) is 86.4 Å². The van der Waals surface area contributed by atoms with E-state index in [0.29, 0.717) is 0 Å². The predicted molar refractivity (Wildman–Crippen MR) is 119 cm³/mol. The third-order valence-corrected chi connectivity index (χ3v) is 5.60. The van der Waals surface area contributed by atoms with E-state index in [1.807, 2.05) is 6.92 Å². The summed E-state index contributed by atoms with van der Waals surface area (Å²) in [6, 6.07) is 0. The molecule has 0 saturated heterocycles. The fourth-order valence-corrected chi connectivity index (χ4v) is 3.25. The molecule has 0 bridgehead atoms. The van der Waals surface area contributed by atoms with Gasteiger partial charge in [-0.2, -0.15) is 0 Å². The van der Waals surface area contributed by atoms with Crippen LogP contribution >= 0.6 is 0 Å². The molecule has 0 aromatic carbocycles. The molecule has 1 N–H and O–H groups in total. The number of aliphatic hydroxyl groups is 1. The van der Waals surface area contributed by atoms with Gasteiger partial charge in [-0.25, -0.2) is 0 Å². The molecular weight excluding hydrogens is 356 g/mol. The Bertz CT molecular complexity index is 332. The standard InChI is InChI=1S/C22H48NO.NO3/c1-5-6-7-8-9-10-11-12-13-14-15-16-17-18-19-20-21-23(3,4)22(2)24;2-1(3)4/h22,24H,5-21H2,1-4H3;/q+1;-1. The van der Waals surface area contributed by atoms with E-state index in [0.717, 1.165) is 11.0 Å². The highest BCUT2D eigenvalue weighted by Gasteiger charge is 2.20. The van der Waals surface area contributed by atoms with E-state index in [1.165, 1.54) is 103 Å². The molecule has 1 atom stereocenters. The lowest BCUT2D eigenvalue weighted by atomic mass is 10.0. The Morgan fingerprint density at radius 2 is 0.964 bits per heavy atom. The Hall–Kier alpha value is -0.880. The molecule has 0 heterocycles. The fourth-order valence-electron chi connectivity index (χ4n) is 3.25. The summed E-state index contributed by atoms with van der Waals surface area (Å²) in [4.78, 5) is 8.25. The van der Waals surface area contributed by atoms with Crippen LogP contribution in [0.4, 0.5) is 0 Å². The van der Waals surface area contributed by atoms with Gasteiger partial charge in [0.1, 0.15) is 0 Å². The van der Waals surface area contributed by atoms with E-state index in [4.69, 9.17) is 15.3 Å². The van der Waals surface area contributed by atoms with Crippen LogP contribution in [0.3, 0.4) is 0 Å². The molecule has 6 nitrogen and oxygen atoms in total. The highest BCUT2D eigenvalue weighted by Crippen LogP contribution is 2.14. The smallest absolute Gasteiger partial charge is 0.187 e. The van der Waals surface area contributed by atoms with Crippen molar-refractivity contribution in [3.63, 3.8) is 0 Å². The average Bonchev–Trinajstić information content (AvgIpc) is 2.60. The summed E-state index contributed by atoms with van der Waals surface area (Å²) in [5.74, 6) is 0. The van der Waals surface area contributed by atoms with Crippen molar-refractivity contribution in [2.75, 3.05) is 20.6 Å². The number of hydrogen-bond acceptors (Lipinski definition) is 4. The third-order valence-electron chi connectivity index (χ3n) is 5.60. The molecule has 0 spiro atoms. The normalized spacial score (nSPS) is 12.3. The molecule has 6 heteroatoms. The second-order valence-electron chi connectivity index (χ2n) is 8.66. The van der Waals surface area contributed by atoms with Crippen LogP contribution in [0.25, 0.3) is 0 Å². The second kappa shape index (κ2) is 20.8. The van der Waals surface area contributed by atoms with Crippen LogP contribution in [0.1, 0.15) is 117 Å². The third kappa shape index (κ3) is 25.1. The average molecular weight is 405 g/mol. The fraction of sp³-hybridized carbons (Fsp3) is 1.00. The molecular formula is C22H48N2O4. The van der Waals surface area contributed by atoms with Gasteiger partial charge in [0.25, 0.3) is 0 Å². The molecule has 1 unspecified atom stereocenters. The lowest BCUT2D eigenvalue weighted by molar-refractivity contribution is -0.934. The minimum absolute atomic E-state index is 0.249. The first kappa shape index (κ1) is 29.3. The number of unbranched alkanes of at least 4 members (excludes halogenated alkanes) is 15. The molecule has 0 radical (unpaired) electrons. The first-order valence-electron chi connectivity index (χ1n) is 11.6. The number of aliphatic hydroxyl groups excluding tert-OH is 1. The number of quaternary nitrogens is 1. The zero-order valence-electron chi connectivity index (χ0n) is 19.2. The van der Waals surface area contributed by atoms with Crippen LogP contribution in [-0.4, -0.2) is 41.5 Å². The van der Waals surface area contributed by atoms with Crippen molar-refractivity contribution < 1.29 is 14.7 Å². The maximum Gasteiger partial charge on any atom is 0.187 e. The summed E-state index contributed by atoms with van der Waals surface area (Å²) in [5.41, 5.74) is 0. The Balaban J connectivity index is 0. The first-order valence-corrected chi connectivity index (χ1v) is 11.6. The lowest BCUT2D eigenvalue weighted by Gasteiger charge is -2.32. The van der Waals surface area contributed by atoms with Crippen molar-refractivity contribution in [2.45, 2.75) is 123 Å². The van der Waals surface area contributed by atoms with Crippen molar-refractivity contribution in [2.24, 2.45) is 0 Å². The van der Waals surface area contributed by atoms with Crippen molar-refractivity contribution in [1.29, 1.82) is 0 Å². The second-order valence-corrected chi connectivity index (χ2v) is 8.66. The maximum atomic E-state index is 9.68. The summed E-state index contributed by atoms with van der Waals surface area (Å²) in [7, 11) is 4.24. The highest BCUT2D eigenvalue weighted by molar-refractivity contribution is 4.50. The number of rotatable bonds is 18. The molecule has 0 aromatic heterocycles. The Morgan fingerprint density at radius 3 is 1.21 bits per heavy atom. The number of hydrogen-bond donors (Lipinski definition) is 1. The highest BCUT2D eigenvalue weighted by atomic mass is 16.9. The summed E-state index contributed by atoms with van der Waals surface area (Å²) in [5, 5.41) is 24.4. The predicted octanol–water partition coefficient (Wildman–Crippen LogP) is 6.42. The Kier molecular flexibility index (Phi) is 21.8. The van der Waals surface area contributed by atoms with Gasteiger partial charge in [-0.15, -0.1) is 0 Å². The molecule has 0 saturated carbocycles. The summed E-state index contributed by atoms with van der Waals surface area (Å²) in [6.07, 6.45) is 22.4. The Morgan fingerprint density at radius 1 is 0.714 bits per heavy atom. The van der Waals surface area contributed by atoms with Gasteiger partial charge in [-0.3, -0.25) is 0 Å². The zero-order valence-corrected chi connectivity index (χ0v) is 19.2. The molecule has 0 amide bonds. The Labute approximate surface area is 174 Å². The van der Waals surface area contributed by atoms with E-state index in [2.05, 4.69) is 21.0 Å². The zero-order chi connectivity index (χ0) is 21.7. The minimum atomic E-state index is -1.75. The molecule has 0 aliphatic carbocycles. The minimum Gasteiger partial charge on any atom is -0.356 e. The van der Waals surface area contributed by atoms with E-state index in [1.54, 1.807) is 0 Å². The van der Waals surface area contributed by atoms with Crippen molar-refractivity contribution >= 4 is 0 Å². The summed E-state index contributed by atoms with van der Waals surface area (Å²) < 4.78 is 0.735. The van der Waals surface area contributed by atoms with Gasteiger partial charge in [-0.05, 0) is 12.8 Å². The molecule has 170 valence electrons. The number of nitrogens with zero attached hydrogens (tertiary/aromatic N) is 2. The lowest BCUT2D eigenvalue weighted by Crippen LogP contribution is -2.47. The van der Waals surface area contributed by atoms with Gasteiger partial charge in [0.15, 0.2) is 6.23 Å². The largest absolute Gasteiger partial charge is 0.356 e. The molecule has 0 aromatic rings. The SMILES string of the molecule is CCCCCCCCCCCCCCCCCC[N+](C)(C)C(C)O.O=[N+]([O-])[O-]. The van der Waals surface area contributed by atoms with Crippen molar-refractivity contribution in [3.8, 4) is 0 Å². The summed E-state index contributed by atoms with van der Waals surface area (Å²) in [6.45, 7) is 5.28. The molecule has 0 rings (SSSR count). The van der Waals surface area contributed by atoms with E-state index < -0.39 is 5.09 Å². The van der Waals surface area contributed by atoms with Gasteiger partial charge in [-0.1, -0.05) is 96.8 Å². The van der Waals surface area contributed by atoms with Crippen molar-refractivity contribution in [3.05, 3.63) is 15.3 Å².